The molecule has 6 nitrogen and oxygen atoms in total. The van der Waals surface area contributed by atoms with Crippen LogP contribution in [0.25, 0.3) is 0 Å². The molecule has 0 bridgehead atoms. The van der Waals surface area contributed by atoms with Gasteiger partial charge in [-0.15, -0.1) is 0 Å². The molecule has 0 spiro atoms. The number of hydrogen-bond acceptors (Lipinski definition) is 5. The Labute approximate surface area is 143 Å². The summed E-state index contributed by atoms with van der Waals surface area (Å²) < 4.78 is 28.5. The summed E-state index contributed by atoms with van der Waals surface area (Å²) in [6, 6.07) is 6.11. The number of methoxy groups -OCH3 is 1. The van der Waals surface area contributed by atoms with Gasteiger partial charge in [-0.1, -0.05) is 6.07 Å². The quantitative estimate of drug-likeness (QED) is 0.832. The van der Waals surface area contributed by atoms with Crippen molar-refractivity contribution in [3.05, 3.63) is 29.8 Å². The van der Waals surface area contributed by atoms with Gasteiger partial charge in [0.1, 0.15) is 0 Å². The smallest absolute Gasteiger partial charge is 0.253 e. The number of benzene rings is 1. The topological polar surface area (TPSA) is 83.9 Å². The lowest BCUT2D eigenvalue weighted by Crippen LogP contribution is -2.48. The predicted octanol–water partition coefficient (Wildman–Crippen LogP) is 1.34. The van der Waals surface area contributed by atoms with Gasteiger partial charge in [-0.3, -0.25) is 4.79 Å². The molecular weight excluding hydrogens is 330 g/mol. The highest BCUT2D eigenvalue weighted by Gasteiger charge is 2.36. The molecule has 1 saturated heterocycles. The van der Waals surface area contributed by atoms with Crippen LogP contribution in [-0.4, -0.2) is 64.0 Å². The lowest BCUT2D eigenvalue weighted by Gasteiger charge is -2.42. The number of piperidine rings is 1. The van der Waals surface area contributed by atoms with Gasteiger partial charge in [0.25, 0.3) is 5.91 Å². The third kappa shape index (κ3) is 4.34. The molecule has 2 rings (SSSR count). The van der Waals surface area contributed by atoms with Gasteiger partial charge >= 0.3 is 0 Å². The van der Waals surface area contributed by atoms with Gasteiger partial charge in [0.15, 0.2) is 9.84 Å². The van der Waals surface area contributed by atoms with E-state index in [1.807, 2.05) is 0 Å². The van der Waals surface area contributed by atoms with E-state index >= 15 is 0 Å². The third-order valence-corrected chi connectivity index (χ3v) is 5.74. The molecule has 0 radical (unpaired) electrons. The molecule has 0 unspecified atom stereocenters. The minimum absolute atomic E-state index is 0.00349. The molecule has 0 aliphatic carbocycles. The Hall–Kier alpha value is -1.44. The number of aliphatic hydroxyl groups excluding tert-OH is 1. The van der Waals surface area contributed by atoms with Crippen LogP contribution in [0.3, 0.4) is 0 Å². The van der Waals surface area contributed by atoms with E-state index in [1.54, 1.807) is 24.1 Å². The molecule has 1 atom stereocenters. The fourth-order valence-electron chi connectivity index (χ4n) is 3.15. The van der Waals surface area contributed by atoms with E-state index in [-0.39, 0.29) is 22.8 Å². The maximum atomic E-state index is 12.8. The number of sulfone groups is 1. The monoisotopic (exact) mass is 355 g/mol. The molecule has 1 amide bonds. The number of rotatable bonds is 6. The SMILES string of the molecule is COCC[C@@]1(CO)CCCN(C(=O)c2cccc(S(C)(=O)=O)c2)C1. The second-order valence-corrected chi connectivity index (χ2v) is 8.55. The first-order chi connectivity index (χ1) is 11.3. The molecule has 134 valence electrons. The van der Waals surface area contributed by atoms with Crippen LogP contribution in [0.1, 0.15) is 29.6 Å². The van der Waals surface area contributed by atoms with Crippen LogP contribution in [0, 0.1) is 5.41 Å². The Morgan fingerprint density at radius 1 is 1.42 bits per heavy atom. The molecular formula is C17H25NO5S. The van der Waals surface area contributed by atoms with Gasteiger partial charge in [0, 0.05) is 44.0 Å². The van der Waals surface area contributed by atoms with Crippen molar-refractivity contribution in [1.29, 1.82) is 0 Å². The van der Waals surface area contributed by atoms with Gasteiger partial charge < -0.3 is 14.7 Å². The summed E-state index contributed by atoms with van der Waals surface area (Å²) in [4.78, 5) is 14.6. The highest BCUT2D eigenvalue weighted by Crippen LogP contribution is 2.33. The van der Waals surface area contributed by atoms with E-state index in [0.717, 1.165) is 19.1 Å². The van der Waals surface area contributed by atoms with Gasteiger partial charge in [0.05, 0.1) is 11.5 Å². The first kappa shape index (κ1) is 18.9. The van der Waals surface area contributed by atoms with E-state index in [2.05, 4.69) is 0 Å². The van der Waals surface area contributed by atoms with E-state index in [4.69, 9.17) is 4.74 Å². The lowest BCUT2D eigenvalue weighted by atomic mass is 9.78. The number of aliphatic hydroxyl groups is 1. The maximum absolute atomic E-state index is 12.8. The highest BCUT2D eigenvalue weighted by molar-refractivity contribution is 7.90. The first-order valence-electron chi connectivity index (χ1n) is 8.00. The standard InChI is InChI=1S/C17H25NO5S/c1-23-10-8-17(13-19)7-4-9-18(12-17)16(20)14-5-3-6-15(11-14)24(2,21)22/h3,5-6,11,19H,4,7-10,12-13H2,1-2H3/t17-/m0/s1. The third-order valence-electron chi connectivity index (χ3n) is 4.63. The number of ether oxygens (including phenoxy) is 1. The summed E-state index contributed by atoms with van der Waals surface area (Å²) in [5.74, 6) is -0.199. The van der Waals surface area contributed by atoms with Gasteiger partial charge in [-0.25, -0.2) is 8.42 Å². The number of carbonyl (C=O) groups excluding carboxylic acids is 1. The minimum Gasteiger partial charge on any atom is -0.396 e. The van der Waals surface area contributed by atoms with Crippen molar-refractivity contribution in [1.82, 2.24) is 4.90 Å². The van der Waals surface area contributed by atoms with Crippen LogP contribution in [-0.2, 0) is 14.6 Å². The molecule has 24 heavy (non-hydrogen) atoms. The lowest BCUT2D eigenvalue weighted by molar-refractivity contribution is 0.00897. The van der Waals surface area contributed by atoms with Crippen molar-refractivity contribution in [2.75, 3.05) is 39.7 Å². The van der Waals surface area contributed by atoms with Crippen LogP contribution in [0.2, 0.25) is 0 Å². The van der Waals surface area contributed by atoms with Gasteiger partial charge in [-0.05, 0) is 37.5 Å². The second-order valence-electron chi connectivity index (χ2n) is 6.53. The van der Waals surface area contributed by atoms with Crippen LogP contribution in [0.15, 0.2) is 29.2 Å². The molecule has 1 aliphatic heterocycles. The highest BCUT2D eigenvalue weighted by atomic mass is 32.2. The molecule has 1 aliphatic rings. The minimum atomic E-state index is -3.36. The zero-order valence-corrected chi connectivity index (χ0v) is 15.0. The van der Waals surface area contributed by atoms with Crippen LogP contribution in [0.5, 0.6) is 0 Å². The zero-order valence-electron chi connectivity index (χ0n) is 14.2. The average molecular weight is 355 g/mol. The van der Waals surface area contributed by atoms with Crippen molar-refractivity contribution in [2.45, 2.75) is 24.2 Å². The van der Waals surface area contributed by atoms with E-state index < -0.39 is 9.84 Å². The summed E-state index contributed by atoms with van der Waals surface area (Å²) in [6.07, 6.45) is 3.47. The normalized spacial score (nSPS) is 21.7. The maximum Gasteiger partial charge on any atom is 0.253 e. The summed E-state index contributed by atoms with van der Waals surface area (Å²) in [6.45, 7) is 1.60. The molecule has 1 aromatic rings. The number of hydrogen-bond donors (Lipinski definition) is 1. The molecule has 1 fully saturated rings. The van der Waals surface area contributed by atoms with E-state index in [0.29, 0.717) is 31.7 Å². The Morgan fingerprint density at radius 3 is 2.79 bits per heavy atom. The summed E-state index contributed by atoms with van der Waals surface area (Å²) in [7, 11) is -1.74. The Morgan fingerprint density at radius 2 is 2.17 bits per heavy atom. The van der Waals surface area contributed by atoms with Crippen molar-refractivity contribution < 1.29 is 23.1 Å². The Bertz CT molecular complexity index is 688. The average Bonchev–Trinajstić information content (AvgIpc) is 2.59. The number of nitrogens with zero attached hydrogens (tertiary/aromatic N) is 1. The summed E-state index contributed by atoms with van der Waals surface area (Å²) >= 11 is 0. The van der Waals surface area contributed by atoms with Crippen LogP contribution >= 0.6 is 0 Å². The van der Waals surface area contributed by atoms with Gasteiger partial charge in [0.2, 0.25) is 0 Å². The fraction of sp³-hybridized carbons (Fsp3) is 0.588. The largest absolute Gasteiger partial charge is 0.396 e. The Kier molecular flexibility index (Phi) is 6.01. The number of amides is 1. The van der Waals surface area contributed by atoms with Crippen molar-refractivity contribution in [2.24, 2.45) is 5.41 Å². The van der Waals surface area contributed by atoms with E-state index in [9.17, 15) is 18.3 Å². The van der Waals surface area contributed by atoms with Crippen molar-refractivity contribution in [3.8, 4) is 0 Å². The van der Waals surface area contributed by atoms with E-state index in [1.165, 1.54) is 12.1 Å². The molecule has 1 aromatic carbocycles. The van der Waals surface area contributed by atoms with Crippen molar-refractivity contribution in [3.63, 3.8) is 0 Å². The van der Waals surface area contributed by atoms with Crippen LogP contribution < -0.4 is 0 Å². The number of likely N-dealkylation sites (tertiary alicyclic amines) is 1. The molecule has 0 aromatic heterocycles. The van der Waals surface area contributed by atoms with Gasteiger partial charge in [-0.2, -0.15) is 0 Å². The first-order valence-corrected chi connectivity index (χ1v) is 9.90. The fourth-order valence-corrected chi connectivity index (χ4v) is 3.82. The predicted molar refractivity (Wildman–Crippen MR) is 90.7 cm³/mol. The second kappa shape index (κ2) is 7.63. The molecule has 1 heterocycles. The van der Waals surface area contributed by atoms with Crippen molar-refractivity contribution >= 4 is 15.7 Å². The number of carbonyl (C=O) groups is 1. The Balaban J connectivity index is 2.20. The molecule has 7 heteroatoms. The molecule has 0 saturated carbocycles. The van der Waals surface area contributed by atoms with Crippen LogP contribution in [0.4, 0.5) is 0 Å². The summed E-state index contributed by atoms with van der Waals surface area (Å²) in [5, 5.41) is 9.82. The summed E-state index contributed by atoms with van der Waals surface area (Å²) in [5.41, 5.74) is 0.0108. The zero-order chi connectivity index (χ0) is 17.8. The molecule has 1 N–H and O–H groups in total.